The van der Waals surface area contributed by atoms with Crippen LogP contribution in [-0.2, 0) is 0 Å². The van der Waals surface area contributed by atoms with Crippen molar-refractivity contribution in [2.45, 2.75) is 64.8 Å². The van der Waals surface area contributed by atoms with Crippen LogP contribution in [0.25, 0.3) is 0 Å². The van der Waals surface area contributed by atoms with E-state index >= 15 is 0 Å². The van der Waals surface area contributed by atoms with Gasteiger partial charge in [0.1, 0.15) is 0 Å². The first-order valence-electron chi connectivity index (χ1n) is 6.24. The van der Waals surface area contributed by atoms with E-state index in [1.807, 2.05) is 0 Å². The molecule has 1 aliphatic rings. The zero-order valence-corrected chi connectivity index (χ0v) is 10.2. The Bertz CT molecular complexity index is 209. The van der Waals surface area contributed by atoms with Crippen LogP contribution in [0, 0.1) is 16.7 Å². The van der Waals surface area contributed by atoms with Crippen LogP contribution in [0.15, 0.2) is 0 Å². The van der Waals surface area contributed by atoms with E-state index < -0.39 is 0 Å². The summed E-state index contributed by atoms with van der Waals surface area (Å²) in [5.41, 5.74) is 0.271. The Kier molecular flexibility index (Phi) is 5.11. The molecule has 0 saturated heterocycles. The number of hydrogen-bond donors (Lipinski definition) is 1. The van der Waals surface area contributed by atoms with Gasteiger partial charge >= 0.3 is 0 Å². The highest BCUT2D eigenvalue weighted by atomic mass is 14.9. The van der Waals surface area contributed by atoms with Crippen molar-refractivity contribution < 1.29 is 0 Å². The van der Waals surface area contributed by atoms with Gasteiger partial charge in [0.15, 0.2) is 0 Å². The predicted molar refractivity (Wildman–Crippen MR) is 63.5 cm³/mol. The quantitative estimate of drug-likeness (QED) is 0.753. The van der Waals surface area contributed by atoms with Crippen LogP contribution in [0.3, 0.4) is 0 Å². The monoisotopic (exact) mass is 208 g/mol. The van der Waals surface area contributed by atoms with Gasteiger partial charge in [-0.25, -0.2) is 0 Å². The van der Waals surface area contributed by atoms with E-state index in [0.29, 0.717) is 6.42 Å². The number of nitriles is 1. The van der Waals surface area contributed by atoms with Crippen LogP contribution in [-0.4, -0.2) is 12.6 Å². The van der Waals surface area contributed by atoms with Gasteiger partial charge in [0.25, 0.3) is 0 Å². The zero-order chi connectivity index (χ0) is 11.1. The first-order valence-corrected chi connectivity index (χ1v) is 6.24. The number of nitrogens with zero attached hydrogens (tertiary/aromatic N) is 1. The van der Waals surface area contributed by atoms with Gasteiger partial charge in [-0.05, 0) is 24.7 Å². The van der Waals surface area contributed by atoms with Crippen molar-refractivity contribution in [2.24, 2.45) is 5.41 Å². The second kappa shape index (κ2) is 6.12. The zero-order valence-electron chi connectivity index (χ0n) is 10.2. The molecule has 1 saturated carbocycles. The molecule has 1 rings (SSSR count). The molecule has 0 aliphatic heterocycles. The molecular weight excluding hydrogens is 184 g/mol. The maximum Gasteiger partial charge on any atom is 0.0621 e. The molecular formula is C13H24N2. The van der Waals surface area contributed by atoms with Crippen LogP contribution in [0.1, 0.15) is 58.8 Å². The summed E-state index contributed by atoms with van der Waals surface area (Å²) in [4.78, 5) is 0. The Morgan fingerprint density at radius 1 is 1.27 bits per heavy atom. The Balaban J connectivity index is 2.19. The SMILES string of the molecule is CC(C)(CCC#N)CNC1CCCCC1. The average molecular weight is 208 g/mol. The Hall–Kier alpha value is -0.550. The molecule has 0 aromatic heterocycles. The molecule has 0 bridgehead atoms. The van der Waals surface area contributed by atoms with Crippen molar-refractivity contribution in [1.29, 1.82) is 5.26 Å². The van der Waals surface area contributed by atoms with E-state index in [9.17, 15) is 0 Å². The van der Waals surface area contributed by atoms with E-state index in [-0.39, 0.29) is 5.41 Å². The van der Waals surface area contributed by atoms with Crippen molar-refractivity contribution in [3.8, 4) is 6.07 Å². The largest absolute Gasteiger partial charge is 0.313 e. The van der Waals surface area contributed by atoms with Gasteiger partial charge in [-0.15, -0.1) is 0 Å². The molecule has 86 valence electrons. The van der Waals surface area contributed by atoms with Gasteiger partial charge in [0, 0.05) is 19.0 Å². The fraction of sp³-hybridized carbons (Fsp3) is 0.923. The summed E-state index contributed by atoms with van der Waals surface area (Å²) in [7, 11) is 0. The molecule has 2 heteroatoms. The first kappa shape index (κ1) is 12.5. The summed E-state index contributed by atoms with van der Waals surface area (Å²) in [6.07, 6.45) is 8.55. The molecule has 0 aromatic carbocycles. The molecule has 1 fully saturated rings. The molecule has 1 N–H and O–H groups in total. The highest BCUT2D eigenvalue weighted by Crippen LogP contribution is 2.23. The first-order chi connectivity index (χ1) is 7.14. The maximum absolute atomic E-state index is 8.58. The molecule has 0 unspecified atom stereocenters. The van der Waals surface area contributed by atoms with Crippen LogP contribution >= 0.6 is 0 Å². The number of rotatable bonds is 5. The summed E-state index contributed by atoms with van der Waals surface area (Å²) in [6, 6.07) is 2.97. The third kappa shape index (κ3) is 5.18. The normalized spacial score (nSPS) is 18.7. The van der Waals surface area contributed by atoms with Crippen molar-refractivity contribution in [3.05, 3.63) is 0 Å². The third-order valence-corrected chi connectivity index (χ3v) is 3.39. The Morgan fingerprint density at radius 2 is 1.93 bits per heavy atom. The van der Waals surface area contributed by atoms with E-state index in [0.717, 1.165) is 19.0 Å². The molecule has 0 radical (unpaired) electrons. The maximum atomic E-state index is 8.58. The molecule has 0 amide bonds. The van der Waals surface area contributed by atoms with Gasteiger partial charge in [0.05, 0.1) is 6.07 Å². The van der Waals surface area contributed by atoms with Crippen molar-refractivity contribution in [3.63, 3.8) is 0 Å². The predicted octanol–water partition coefficient (Wildman–Crippen LogP) is 3.24. The topological polar surface area (TPSA) is 35.8 Å². The summed E-state index contributed by atoms with van der Waals surface area (Å²) in [5, 5.41) is 12.2. The number of hydrogen-bond acceptors (Lipinski definition) is 2. The summed E-state index contributed by atoms with van der Waals surface area (Å²) < 4.78 is 0. The lowest BCUT2D eigenvalue weighted by molar-refractivity contribution is 0.275. The van der Waals surface area contributed by atoms with Crippen LogP contribution in [0.2, 0.25) is 0 Å². The van der Waals surface area contributed by atoms with Gasteiger partial charge < -0.3 is 5.32 Å². The molecule has 15 heavy (non-hydrogen) atoms. The standard InChI is InChI=1S/C13H24N2/c1-13(2,9-6-10-14)11-15-12-7-4-3-5-8-12/h12,15H,3-9,11H2,1-2H3. The Labute approximate surface area is 94.1 Å². The van der Waals surface area contributed by atoms with E-state index in [1.165, 1.54) is 32.1 Å². The second-order valence-electron chi connectivity index (χ2n) is 5.54. The lowest BCUT2D eigenvalue weighted by atomic mass is 9.87. The van der Waals surface area contributed by atoms with Gasteiger partial charge in [-0.2, -0.15) is 5.26 Å². The van der Waals surface area contributed by atoms with Crippen LogP contribution < -0.4 is 5.32 Å². The third-order valence-electron chi connectivity index (χ3n) is 3.39. The lowest BCUT2D eigenvalue weighted by Crippen LogP contribution is -2.38. The second-order valence-corrected chi connectivity index (χ2v) is 5.54. The highest BCUT2D eigenvalue weighted by Gasteiger charge is 2.20. The summed E-state index contributed by atoms with van der Waals surface area (Å²) in [5.74, 6) is 0. The minimum Gasteiger partial charge on any atom is -0.313 e. The smallest absolute Gasteiger partial charge is 0.0621 e. The van der Waals surface area contributed by atoms with Crippen LogP contribution in [0.4, 0.5) is 0 Å². The van der Waals surface area contributed by atoms with E-state index in [1.54, 1.807) is 0 Å². The van der Waals surface area contributed by atoms with Crippen molar-refractivity contribution >= 4 is 0 Å². The lowest BCUT2D eigenvalue weighted by Gasteiger charge is -2.29. The van der Waals surface area contributed by atoms with Crippen molar-refractivity contribution in [2.75, 3.05) is 6.54 Å². The Morgan fingerprint density at radius 3 is 2.53 bits per heavy atom. The molecule has 2 nitrogen and oxygen atoms in total. The highest BCUT2D eigenvalue weighted by molar-refractivity contribution is 4.81. The number of nitrogens with one attached hydrogen (secondary N) is 1. The fourth-order valence-electron chi connectivity index (χ4n) is 2.21. The van der Waals surface area contributed by atoms with Crippen LogP contribution in [0.5, 0.6) is 0 Å². The molecule has 1 aliphatic carbocycles. The van der Waals surface area contributed by atoms with Crippen molar-refractivity contribution in [1.82, 2.24) is 5.32 Å². The minimum absolute atomic E-state index is 0.271. The minimum atomic E-state index is 0.271. The fourth-order valence-corrected chi connectivity index (χ4v) is 2.21. The van der Waals surface area contributed by atoms with Gasteiger partial charge in [-0.1, -0.05) is 33.1 Å². The molecule has 0 spiro atoms. The van der Waals surface area contributed by atoms with Gasteiger partial charge in [-0.3, -0.25) is 0 Å². The average Bonchev–Trinajstić information content (AvgIpc) is 2.25. The molecule has 0 aromatic rings. The summed E-state index contributed by atoms with van der Waals surface area (Å²) in [6.45, 7) is 5.56. The van der Waals surface area contributed by atoms with E-state index in [4.69, 9.17) is 5.26 Å². The van der Waals surface area contributed by atoms with E-state index in [2.05, 4.69) is 25.2 Å². The molecule has 0 atom stereocenters. The molecule has 0 heterocycles. The summed E-state index contributed by atoms with van der Waals surface area (Å²) >= 11 is 0. The van der Waals surface area contributed by atoms with Gasteiger partial charge in [0.2, 0.25) is 0 Å².